The first kappa shape index (κ1) is 10.6. The van der Waals surface area contributed by atoms with Gasteiger partial charge < -0.3 is 14.9 Å². The Kier molecular flexibility index (Phi) is 2.37. The number of hydrogen-bond acceptors (Lipinski definition) is 5. The Morgan fingerprint density at radius 3 is 2.89 bits per heavy atom. The van der Waals surface area contributed by atoms with Gasteiger partial charge in [-0.25, -0.2) is 4.98 Å². The number of nitrogen functional groups attached to an aromatic ring is 1. The second-order valence-corrected chi connectivity index (χ2v) is 3.86. The monoisotopic (exact) mass is 241 g/mol. The molecule has 2 aromatic heterocycles. The third kappa shape index (κ3) is 1.75. The third-order valence-electron chi connectivity index (χ3n) is 2.60. The molecule has 0 aliphatic heterocycles. The van der Waals surface area contributed by atoms with Gasteiger partial charge in [-0.1, -0.05) is 0 Å². The number of ether oxygens (including phenoxy) is 1. The number of fused-ring (bicyclic) bond motifs is 1. The first-order chi connectivity index (χ1) is 8.76. The van der Waals surface area contributed by atoms with Crippen LogP contribution in [-0.2, 0) is 0 Å². The number of aromatic nitrogens is 2. The molecule has 3 aromatic rings. The molecular formula is C13H11N3O2. The van der Waals surface area contributed by atoms with Crippen molar-refractivity contribution in [3.63, 3.8) is 0 Å². The van der Waals surface area contributed by atoms with E-state index >= 15 is 0 Å². The summed E-state index contributed by atoms with van der Waals surface area (Å²) in [6.07, 6.45) is 3.24. The number of nitrogens with two attached hydrogens (primary N) is 1. The minimum absolute atomic E-state index is 0.498. The normalized spacial score (nSPS) is 10.7. The fraction of sp³-hybridized carbons (Fsp3) is 0.0769. The van der Waals surface area contributed by atoms with E-state index in [4.69, 9.17) is 14.9 Å². The predicted molar refractivity (Wildman–Crippen MR) is 68.2 cm³/mol. The Balaban J connectivity index is 2.13. The smallest absolute Gasteiger partial charge is 0.228 e. The van der Waals surface area contributed by atoms with Crippen LogP contribution in [0.4, 0.5) is 5.69 Å². The van der Waals surface area contributed by atoms with Gasteiger partial charge >= 0.3 is 0 Å². The summed E-state index contributed by atoms with van der Waals surface area (Å²) < 4.78 is 10.8. The molecule has 0 aliphatic carbocycles. The number of hydrogen-bond donors (Lipinski definition) is 1. The van der Waals surface area contributed by atoms with Crippen molar-refractivity contribution in [1.82, 2.24) is 9.97 Å². The lowest BCUT2D eigenvalue weighted by atomic mass is 10.2. The highest BCUT2D eigenvalue weighted by molar-refractivity contribution is 5.77. The SMILES string of the molecule is COc1ccc2nc(-c3cncc(N)c3)oc2c1. The van der Waals surface area contributed by atoms with Gasteiger partial charge in [0.1, 0.15) is 11.3 Å². The summed E-state index contributed by atoms with van der Waals surface area (Å²) in [4.78, 5) is 8.40. The molecule has 90 valence electrons. The number of oxazole rings is 1. The van der Waals surface area contributed by atoms with E-state index in [-0.39, 0.29) is 0 Å². The lowest BCUT2D eigenvalue weighted by Gasteiger charge is -1.96. The highest BCUT2D eigenvalue weighted by Gasteiger charge is 2.09. The van der Waals surface area contributed by atoms with E-state index in [1.54, 1.807) is 31.6 Å². The standard InChI is InChI=1S/C13H11N3O2/c1-17-10-2-3-11-12(5-10)18-13(16-11)8-4-9(14)7-15-6-8/h2-7H,14H2,1H3. The Morgan fingerprint density at radius 1 is 1.22 bits per heavy atom. The van der Waals surface area contributed by atoms with E-state index in [1.165, 1.54) is 0 Å². The molecule has 0 bridgehead atoms. The molecule has 0 spiro atoms. The van der Waals surface area contributed by atoms with E-state index in [2.05, 4.69) is 9.97 Å². The van der Waals surface area contributed by atoms with E-state index in [1.807, 2.05) is 12.1 Å². The molecule has 3 rings (SSSR count). The molecule has 0 saturated heterocycles. The highest BCUT2D eigenvalue weighted by Crippen LogP contribution is 2.27. The van der Waals surface area contributed by atoms with E-state index in [0.717, 1.165) is 16.8 Å². The van der Waals surface area contributed by atoms with Crippen molar-refractivity contribution >= 4 is 16.8 Å². The van der Waals surface area contributed by atoms with Crippen LogP contribution in [0.1, 0.15) is 0 Å². The molecule has 2 N–H and O–H groups in total. The molecule has 0 aliphatic rings. The van der Waals surface area contributed by atoms with Crippen LogP contribution in [-0.4, -0.2) is 17.1 Å². The fourth-order valence-electron chi connectivity index (χ4n) is 1.73. The second kappa shape index (κ2) is 4.03. The van der Waals surface area contributed by atoms with Crippen LogP contribution in [0, 0.1) is 0 Å². The van der Waals surface area contributed by atoms with Gasteiger partial charge in [0.2, 0.25) is 5.89 Å². The summed E-state index contributed by atoms with van der Waals surface area (Å²) in [5, 5.41) is 0. The molecule has 18 heavy (non-hydrogen) atoms. The van der Waals surface area contributed by atoms with Gasteiger partial charge in [-0.3, -0.25) is 4.98 Å². The summed E-state index contributed by atoms with van der Waals surface area (Å²) in [6.45, 7) is 0. The third-order valence-corrected chi connectivity index (χ3v) is 2.60. The zero-order chi connectivity index (χ0) is 12.5. The number of benzene rings is 1. The maximum absolute atomic E-state index is 5.68. The lowest BCUT2D eigenvalue weighted by Crippen LogP contribution is -1.87. The van der Waals surface area contributed by atoms with Crippen LogP contribution in [0.15, 0.2) is 41.1 Å². The topological polar surface area (TPSA) is 74.2 Å². The minimum atomic E-state index is 0.498. The maximum atomic E-state index is 5.68. The molecule has 0 amide bonds. The Hall–Kier alpha value is -2.56. The van der Waals surface area contributed by atoms with E-state index < -0.39 is 0 Å². The van der Waals surface area contributed by atoms with Gasteiger partial charge in [0.05, 0.1) is 18.4 Å². The second-order valence-electron chi connectivity index (χ2n) is 3.86. The first-order valence-corrected chi connectivity index (χ1v) is 5.42. The summed E-state index contributed by atoms with van der Waals surface area (Å²) >= 11 is 0. The Labute approximate surface area is 103 Å². The van der Waals surface area contributed by atoms with Crippen molar-refractivity contribution < 1.29 is 9.15 Å². The van der Waals surface area contributed by atoms with Gasteiger partial charge in [-0.05, 0) is 18.2 Å². The number of anilines is 1. The zero-order valence-electron chi connectivity index (χ0n) is 9.75. The summed E-state index contributed by atoms with van der Waals surface area (Å²) in [5.41, 5.74) is 8.46. The summed E-state index contributed by atoms with van der Waals surface area (Å²) in [7, 11) is 1.61. The van der Waals surface area contributed by atoms with Gasteiger partial charge in [0, 0.05) is 18.5 Å². The van der Waals surface area contributed by atoms with Crippen LogP contribution in [0.2, 0.25) is 0 Å². The predicted octanol–water partition coefficient (Wildman–Crippen LogP) is 2.48. The van der Waals surface area contributed by atoms with Crippen molar-refractivity contribution in [3.8, 4) is 17.2 Å². The van der Waals surface area contributed by atoms with Crippen LogP contribution in [0.25, 0.3) is 22.6 Å². The lowest BCUT2D eigenvalue weighted by molar-refractivity contribution is 0.414. The molecule has 0 fully saturated rings. The minimum Gasteiger partial charge on any atom is -0.497 e. The van der Waals surface area contributed by atoms with Gasteiger partial charge in [0.15, 0.2) is 5.58 Å². The van der Waals surface area contributed by atoms with Crippen molar-refractivity contribution in [2.75, 3.05) is 12.8 Å². The Morgan fingerprint density at radius 2 is 2.11 bits per heavy atom. The molecule has 2 heterocycles. The largest absolute Gasteiger partial charge is 0.497 e. The molecule has 5 nitrogen and oxygen atoms in total. The number of methoxy groups -OCH3 is 1. The molecule has 0 unspecified atom stereocenters. The van der Waals surface area contributed by atoms with Crippen LogP contribution in [0.5, 0.6) is 5.75 Å². The van der Waals surface area contributed by atoms with E-state index in [9.17, 15) is 0 Å². The number of nitrogens with zero attached hydrogens (tertiary/aromatic N) is 2. The van der Waals surface area contributed by atoms with Gasteiger partial charge in [-0.15, -0.1) is 0 Å². The van der Waals surface area contributed by atoms with Crippen LogP contribution < -0.4 is 10.5 Å². The van der Waals surface area contributed by atoms with Gasteiger partial charge in [0.25, 0.3) is 0 Å². The van der Waals surface area contributed by atoms with Crippen molar-refractivity contribution in [2.45, 2.75) is 0 Å². The summed E-state index contributed by atoms with van der Waals surface area (Å²) in [5.74, 6) is 1.23. The zero-order valence-corrected chi connectivity index (χ0v) is 9.75. The molecular weight excluding hydrogens is 230 g/mol. The summed E-state index contributed by atoms with van der Waals surface area (Å²) in [6, 6.07) is 7.26. The number of pyridine rings is 1. The van der Waals surface area contributed by atoms with Crippen molar-refractivity contribution in [1.29, 1.82) is 0 Å². The quantitative estimate of drug-likeness (QED) is 0.746. The highest BCUT2D eigenvalue weighted by atomic mass is 16.5. The fourth-order valence-corrected chi connectivity index (χ4v) is 1.73. The Bertz CT molecular complexity index is 706. The van der Waals surface area contributed by atoms with Crippen LogP contribution in [0.3, 0.4) is 0 Å². The molecule has 1 aromatic carbocycles. The molecule has 0 atom stereocenters. The van der Waals surface area contributed by atoms with Gasteiger partial charge in [-0.2, -0.15) is 0 Å². The molecule has 5 heteroatoms. The van der Waals surface area contributed by atoms with Crippen molar-refractivity contribution in [2.24, 2.45) is 0 Å². The average molecular weight is 241 g/mol. The maximum Gasteiger partial charge on any atom is 0.228 e. The van der Waals surface area contributed by atoms with E-state index in [0.29, 0.717) is 17.2 Å². The van der Waals surface area contributed by atoms with Crippen LogP contribution >= 0.6 is 0 Å². The molecule has 0 radical (unpaired) electrons. The average Bonchev–Trinajstić information content (AvgIpc) is 2.81. The molecule has 0 saturated carbocycles. The number of rotatable bonds is 2. The van der Waals surface area contributed by atoms with Crippen molar-refractivity contribution in [3.05, 3.63) is 36.7 Å². The first-order valence-electron chi connectivity index (χ1n) is 5.42.